The second-order valence-corrected chi connectivity index (χ2v) is 5.07. The quantitative estimate of drug-likeness (QED) is 0.801. The molecule has 1 saturated heterocycles. The standard InChI is InChI=1S/C15H20N2O3/c18-14-6-2-1-4-12(14)10-16-7-9-17-8-3-5-13(11-17)15(19)20/h1-2,4,6,10,13,18H,3,5,7-9,11H2,(H,19,20). The molecule has 1 aromatic carbocycles. The molecule has 1 atom stereocenters. The minimum Gasteiger partial charge on any atom is -0.507 e. The molecule has 108 valence electrons. The number of carboxylic acids is 1. The van der Waals surface area contributed by atoms with Gasteiger partial charge in [-0.05, 0) is 31.5 Å². The van der Waals surface area contributed by atoms with Gasteiger partial charge in [0.2, 0.25) is 0 Å². The summed E-state index contributed by atoms with van der Waals surface area (Å²) in [5.41, 5.74) is 0.703. The third kappa shape index (κ3) is 4.06. The van der Waals surface area contributed by atoms with E-state index in [0.717, 1.165) is 25.9 Å². The summed E-state index contributed by atoms with van der Waals surface area (Å²) in [6, 6.07) is 7.05. The highest BCUT2D eigenvalue weighted by Gasteiger charge is 2.24. The molecular formula is C15H20N2O3. The lowest BCUT2D eigenvalue weighted by Gasteiger charge is -2.29. The Balaban J connectivity index is 1.78. The molecule has 2 rings (SSSR count). The molecule has 5 nitrogen and oxygen atoms in total. The van der Waals surface area contributed by atoms with Crippen LogP contribution in [0.25, 0.3) is 0 Å². The molecule has 0 saturated carbocycles. The summed E-state index contributed by atoms with van der Waals surface area (Å²) in [7, 11) is 0. The Morgan fingerprint density at radius 3 is 3.00 bits per heavy atom. The third-order valence-corrected chi connectivity index (χ3v) is 3.57. The molecule has 1 fully saturated rings. The summed E-state index contributed by atoms with van der Waals surface area (Å²) >= 11 is 0. The summed E-state index contributed by atoms with van der Waals surface area (Å²) in [4.78, 5) is 17.4. The lowest BCUT2D eigenvalue weighted by atomic mass is 9.98. The largest absolute Gasteiger partial charge is 0.507 e. The van der Waals surface area contributed by atoms with Gasteiger partial charge in [0.15, 0.2) is 0 Å². The number of hydrogen-bond acceptors (Lipinski definition) is 4. The number of likely N-dealkylation sites (tertiary alicyclic amines) is 1. The fourth-order valence-corrected chi connectivity index (χ4v) is 2.42. The maximum absolute atomic E-state index is 11.0. The Hall–Kier alpha value is -1.88. The summed E-state index contributed by atoms with van der Waals surface area (Å²) in [6.45, 7) is 2.92. The highest BCUT2D eigenvalue weighted by Crippen LogP contribution is 2.16. The van der Waals surface area contributed by atoms with Gasteiger partial charge in [-0.3, -0.25) is 9.79 Å². The number of rotatable bonds is 5. The van der Waals surface area contributed by atoms with E-state index >= 15 is 0 Å². The number of phenols is 1. The molecule has 0 bridgehead atoms. The van der Waals surface area contributed by atoms with Gasteiger partial charge in [0, 0.05) is 24.9 Å². The van der Waals surface area contributed by atoms with Crippen LogP contribution in [0.3, 0.4) is 0 Å². The van der Waals surface area contributed by atoms with E-state index in [1.807, 2.05) is 6.07 Å². The number of phenolic OH excluding ortho intramolecular Hbond substituents is 1. The molecule has 0 amide bonds. The van der Waals surface area contributed by atoms with Gasteiger partial charge in [-0.1, -0.05) is 12.1 Å². The average molecular weight is 276 g/mol. The van der Waals surface area contributed by atoms with E-state index in [2.05, 4.69) is 9.89 Å². The topological polar surface area (TPSA) is 73.1 Å². The fourth-order valence-electron chi connectivity index (χ4n) is 2.42. The van der Waals surface area contributed by atoms with Crippen molar-refractivity contribution in [3.8, 4) is 5.75 Å². The number of aliphatic imine (C=N–C) groups is 1. The van der Waals surface area contributed by atoms with E-state index in [1.54, 1.807) is 24.4 Å². The number of para-hydroxylation sites is 1. The van der Waals surface area contributed by atoms with Gasteiger partial charge >= 0.3 is 5.97 Å². The van der Waals surface area contributed by atoms with Crippen molar-refractivity contribution in [3.05, 3.63) is 29.8 Å². The van der Waals surface area contributed by atoms with Gasteiger partial charge in [-0.2, -0.15) is 0 Å². The predicted molar refractivity (Wildman–Crippen MR) is 77.4 cm³/mol. The number of carbonyl (C=O) groups is 1. The van der Waals surface area contributed by atoms with Crippen LogP contribution in [0.5, 0.6) is 5.75 Å². The molecule has 1 aliphatic rings. The van der Waals surface area contributed by atoms with Crippen LogP contribution in [-0.2, 0) is 4.79 Å². The van der Waals surface area contributed by atoms with E-state index < -0.39 is 5.97 Å². The maximum atomic E-state index is 11.0. The molecular weight excluding hydrogens is 256 g/mol. The van der Waals surface area contributed by atoms with Crippen LogP contribution < -0.4 is 0 Å². The number of hydrogen-bond donors (Lipinski definition) is 2. The smallest absolute Gasteiger partial charge is 0.307 e. The highest BCUT2D eigenvalue weighted by atomic mass is 16.4. The zero-order valence-corrected chi connectivity index (χ0v) is 11.4. The molecule has 1 aliphatic heterocycles. The molecule has 0 spiro atoms. The SMILES string of the molecule is O=C(O)C1CCCN(CCN=Cc2ccccc2O)C1. The molecule has 1 unspecified atom stereocenters. The van der Waals surface area contributed by atoms with Gasteiger partial charge in [-0.15, -0.1) is 0 Å². The second-order valence-electron chi connectivity index (χ2n) is 5.07. The summed E-state index contributed by atoms with van der Waals surface area (Å²) in [6.07, 6.45) is 3.36. The zero-order chi connectivity index (χ0) is 14.4. The van der Waals surface area contributed by atoms with Gasteiger partial charge in [0.05, 0.1) is 12.5 Å². The Kier molecular flexibility index (Phi) is 5.12. The van der Waals surface area contributed by atoms with Crippen molar-refractivity contribution >= 4 is 12.2 Å². The van der Waals surface area contributed by atoms with Crippen molar-refractivity contribution in [2.24, 2.45) is 10.9 Å². The van der Waals surface area contributed by atoms with Gasteiger partial charge in [0.1, 0.15) is 5.75 Å². The highest BCUT2D eigenvalue weighted by molar-refractivity contribution is 5.83. The summed E-state index contributed by atoms with van der Waals surface area (Å²) in [5, 5.41) is 18.6. The molecule has 0 aliphatic carbocycles. The van der Waals surface area contributed by atoms with Crippen molar-refractivity contribution in [2.45, 2.75) is 12.8 Å². The first-order valence-corrected chi connectivity index (χ1v) is 6.90. The number of aliphatic carboxylic acids is 1. The summed E-state index contributed by atoms with van der Waals surface area (Å²) < 4.78 is 0. The average Bonchev–Trinajstić information content (AvgIpc) is 2.45. The van der Waals surface area contributed by atoms with Gasteiger partial charge in [-0.25, -0.2) is 0 Å². The minimum atomic E-state index is -0.701. The zero-order valence-electron chi connectivity index (χ0n) is 11.4. The number of benzene rings is 1. The molecule has 0 aromatic heterocycles. The van der Waals surface area contributed by atoms with Crippen molar-refractivity contribution in [1.82, 2.24) is 4.90 Å². The van der Waals surface area contributed by atoms with E-state index in [9.17, 15) is 9.90 Å². The molecule has 5 heteroatoms. The first kappa shape index (κ1) is 14.5. The first-order chi connectivity index (χ1) is 9.66. The second kappa shape index (κ2) is 7.05. The summed E-state index contributed by atoms with van der Waals surface area (Å²) in [5.74, 6) is -0.724. The Labute approximate surface area is 118 Å². The Bertz CT molecular complexity index is 488. The fraction of sp³-hybridized carbons (Fsp3) is 0.467. The van der Waals surface area contributed by atoms with Crippen molar-refractivity contribution in [3.63, 3.8) is 0 Å². The van der Waals surface area contributed by atoms with E-state index in [0.29, 0.717) is 18.7 Å². The van der Waals surface area contributed by atoms with Crippen LogP contribution in [0.4, 0.5) is 0 Å². The number of nitrogens with zero attached hydrogens (tertiary/aromatic N) is 2. The van der Waals surface area contributed by atoms with E-state index in [4.69, 9.17) is 5.11 Å². The van der Waals surface area contributed by atoms with Crippen molar-refractivity contribution in [2.75, 3.05) is 26.2 Å². The minimum absolute atomic E-state index is 0.222. The number of carboxylic acid groups (broad SMARTS) is 1. The van der Waals surface area contributed by atoms with Gasteiger partial charge in [0.25, 0.3) is 0 Å². The number of piperidine rings is 1. The van der Waals surface area contributed by atoms with Crippen LogP contribution in [0.15, 0.2) is 29.3 Å². The van der Waals surface area contributed by atoms with E-state index in [1.165, 1.54) is 0 Å². The Morgan fingerprint density at radius 1 is 1.45 bits per heavy atom. The molecule has 0 radical (unpaired) electrons. The van der Waals surface area contributed by atoms with Crippen molar-refractivity contribution < 1.29 is 15.0 Å². The van der Waals surface area contributed by atoms with Crippen LogP contribution in [0, 0.1) is 5.92 Å². The Morgan fingerprint density at radius 2 is 2.25 bits per heavy atom. The van der Waals surface area contributed by atoms with Crippen LogP contribution in [-0.4, -0.2) is 53.5 Å². The monoisotopic (exact) mass is 276 g/mol. The van der Waals surface area contributed by atoms with Gasteiger partial charge < -0.3 is 15.1 Å². The van der Waals surface area contributed by atoms with Crippen LogP contribution in [0.2, 0.25) is 0 Å². The predicted octanol–water partition coefficient (Wildman–Crippen LogP) is 1.61. The lowest BCUT2D eigenvalue weighted by molar-refractivity contribution is -0.143. The van der Waals surface area contributed by atoms with E-state index in [-0.39, 0.29) is 11.7 Å². The van der Waals surface area contributed by atoms with Crippen LogP contribution >= 0.6 is 0 Å². The van der Waals surface area contributed by atoms with Crippen molar-refractivity contribution in [1.29, 1.82) is 0 Å². The lowest BCUT2D eigenvalue weighted by Crippen LogP contribution is -2.39. The third-order valence-electron chi connectivity index (χ3n) is 3.57. The number of aromatic hydroxyl groups is 1. The normalized spacial score (nSPS) is 20.3. The molecule has 1 aromatic rings. The van der Waals surface area contributed by atoms with Crippen LogP contribution in [0.1, 0.15) is 18.4 Å². The molecule has 1 heterocycles. The maximum Gasteiger partial charge on any atom is 0.307 e. The first-order valence-electron chi connectivity index (χ1n) is 6.90. The molecule has 20 heavy (non-hydrogen) atoms. The molecule has 2 N–H and O–H groups in total.